The van der Waals surface area contributed by atoms with Crippen molar-refractivity contribution in [1.82, 2.24) is 9.80 Å². The molecule has 4 heteroatoms. The number of carbonyl (C=O) groups is 1. The normalized spacial score (nSPS) is 17.7. The van der Waals surface area contributed by atoms with Crippen molar-refractivity contribution in [2.45, 2.75) is 25.8 Å². The molecule has 1 heterocycles. The number of amides is 1. The predicted octanol–water partition coefficient (Wildman–Crippen LogP) is 1.94. The topological polar surface area (TPSA) is 35.9 Å². The molecule has 0 N–H and O–H groups in total. The minimum Gasteiger partial charge on any atom is -0.304 e. The van der Waals surface area contributed by atoms with Gasteiger partial charge in [0.05, 0.1) is 5.41 Å². The Morgan fingerprint density at radius 2 is 1.76 bits per heavy atom. The minimum absolute atomic E-state index is 0.186. The molecule has 21 heavy (non-hydrogen) atoms. The number of piperazine rings is 1. The highest BCUT2D eigenvalue weighted by atomic mass is 16.1. The summed E-state index contributed by atoms with van der Waals surface area (Å²) >= 11 is 0. The SMILES string of the molecule is C=NC(=O)C(C)(C)c1ccc(CN2CCN(C)CC2)cc1. The number of aliphatic imine (C=N–C) groups is 1. The van der Waals surface area contributed by atoms with E-state index in [-0.39, 0.29) is 5.91 Å². The van der Waals surface area contributed by atoms with Gasteiger partial charge >= 0.3 is 0 Å². The smallest absolute Gasteiger partial charge is 0.255 e. The van der Waals surface area contributed by atoms with Gasteiger partial charge < -0.3 is 4.90 Å². The summed E-state index contributed by atoms with van der Waals surface area (Å²) in [5, 5.41) is 0. The first-order chi connectivity index (χ1) is 9.93. The van der Waals surface area contributed by atoms with Crippen molar-refractivity contribution in [1.29, 1.82) is 0 Å². The molecule has 0 atom stereocenters. The van der Waals surface area contributed by atoms with E-state index >= 15 is 0 Å². The fourth-order valence-corrected chi connectivity index (χ4v) is 2.61. The summed E-state index contributed by atoms with van der Waals surface area (Å²) in [4.78, 5) is 20.2. The van der Waals surface area contributed by atoms with Gasteiger partial charge in [-0.2, -0.15) is 0 Å². The largest absolute Gasteiger partial charge is 0.304 e. The van der Waals surface area contributed by atoms with Crippen molar-refractivity contribution < 1.29 is 4.79 Å². The van der Waals surface area contributed by atoms with E-state index < -0.39 is 5.41 Å². The number of hydrogen-bond acceptors (Lipinski definition) is 3. The van der Waals surface area contributed by atoms with E-state index in [2.05, 4.69) is 40.7 Å². The lowest BCUT2D eigenvalue weighted by molar-refractivity contribution is -0.122. The second-order valence-corrected chi connectivity index (χ2v) is 6.36. The second kappa shape index (κ2) is 6.50. The Balaban J connectivity index is 2.02. The van der Waals surface area contributed by atoms with Crippen molar-refractivity contribution in [3.05, 3.63) is 35.4 Å². The molecule has 1 saturated heterocycles. The van der Waals surface area contributed by atoms with E-state index in [1.165, 1.54) is 5.56 Å². The molecule has 0 saturated carbocycles. The van der Waals surface area contributed by atoms with Crippen molar-refractivity contribution in [3.8, 4) is 0 Å². The summed E-state index contributed by atoms with van der Waals surface area (Å²) in [5.41, 5.74) is 1.67. The van der Waals surface area contributed by atoms with Crippen molar-refractivity contribution in [3.63, 3.8) is 0 Å². The summed E-state index contributed by atoms with van der Waals surface area (Å²) in [5.74, 6) is -0.186. The molecular weight excluding hydrogens is 262 g/mol. The molecule has 0 radical (unpaired) electrons. The van der Waals surface area contributed by atoms with Gasteiger partial charge in [-0.15, -0.1) is 0 Å². The summed E-state index contributed by atoms with van der Waals surface area (Å²) in [6.07, 6.45) is 0. The standard InChI is InChI=1S/C17H25N3O/c1-17(2,16(21)18-3)15-7-5-14(6-8-15)13-20-11-9-19(4)10-12-20/h5-8H,3,9-13H2,1-2,4H3. The maximum absolute atomic E-state index is 11.8. The average molecular weight is 287 g/mol. The van der Waals surface area contributed by atoms with Gasteiger partial charge in [0.15, 0.2) is 0 Å². The molecular formula is C17H25N3O. The Labute approximate surface area is 127 Å². The van der Waals surface area contributed by atoms with Gasteiger partial charge in [0.25, 0.3) is 5.91 Å². The molecule has 1 aromatic carbocycles. The molecule has 114 valence electrons. The third kappa shape index (κ3) is 3.77. The van der Waals surface area contributed by atoms with Crippen LogP contribution in [0.2, 0.25) is 0 Å². The zero-order chi connectivity index (χ0) is 15.5. The van der Waals surface area contributed by atoms with Gasteiger partial charge in [0.2, 0.25) is 0 Å². The molecule has 0 unspecified atom stereocenters. The van der Waals surface area contributed by atoms with Gasteiger partial charge in [0, 0.05) is 32.7 Å². The van der Waals surface area contributed by atoms with E-state index in [0.717, 1.165) is 38.3 Å². The fourth-order valence-electron chi connectivity index (χ4n) is 2.61. The zero-order valence-corrected chi connectivity index (χ0v) is 13.3. The van der Waals surface area contributed by atoms with Crippen molar-refractivity contribution in [2.75, 3.05) is 33.2 Å². The highest BCUT2D eigenvalue weighted by Crippen LogP contribution is 2.25. The molecule has 0 aromatic heterocycles. The predicted molar refractivity (Wildman–Crippen MR) is 86.8 cm³/mol. The van der Waals surface area contributed by atoms with E-state index in [1.54, 1.807) is 0 Å². The third-order valence-corrected chi connectivity index (χ3v) is 4.36. The number of hydrogen-bond donors (Lipinski definition) is 0. The Morgan fingerprint density at radius 3 is 2.29 bits per heavy atom. The van der Waals surface area contributed by atoms with Gasteiger partial charge in [0.1, 0.15) is 0 Å². The first-order valence-corrected chi connectivity index (χ1v) is 7.45. The number of rotatable bonds is 4. The minimum atomic E-state index is -0.603. The van der Waals surface area contributed by atoms with Crippen molar-refractivity contribution >= 4 is 12.6 Å². The van der Waals surface area contributed by atoms with E-state index in [1.807, 2.05) is 26.0 Å². The Bertz CT molecular complexity index is 499. The maximum Gasteiger partial charge on any atom is 0.255 e. The Kier molecular flexibility index (Phi) is 4.91. The van der Waals surface area contributed by atoms with E-state index in [9.17, 15) is 4.79 Å². The molecule has 1 aliphatic heterocycles. The van der Waals surface area contributed by atoms with Gasteiger partial charge in [-0.25, -0.2) is 4.99 Å². The number of likely N-dealkylation sites (N-methyl/N-ethyl adjacent to an activating group) is 1. The molecule has 0 aliphatic carbocycles. The van der Waals surface area contributed by atoms with Crippen LogP contribution in [-0.4, -0.2) is 55.7 Å². The first-order valence-electron chi connectivity index (χ1n) is 7.45. The van der Waals surface area contributed by atoms with Crippen LogP contribution in [0.4, 0.5) is 0 Å². The van der Waals surface area contributed by atoms with Gasteiger partial charge in [-0.05, 0) is 38.7 Å². The van der Waals surface area contributed by atoms with Crippen LogP contribution in [0.15, 0.2) is 29.3 Å². The van der Waals surface area contributed by atoms with Crippen LogP contribution in [0, 0.1) is 0 Å². The molecule has 0 bridgehead atoms. The first kappa shape index (κ1) is 15.9. The van der Waals surface area contributed by atoms with Crippen LogP contribution in [0.5, 0.6) is 0 Å². The molecule has 1 amide bonds. The number of carbonyl (C=O) groups excluding carboxylic acids is 1. The highest BCUT2D eigenvalue weighted by molar-refractivity contribution is 5.90. The van der Waals surface area contributed by atoms with Crippen LogP contribution in [0.1, 0.15) is 25.0 Å². The molecule has 1 aliphatic rings. The Hall–Kier alpha value is -1.52. The lowest BCUT2D eigenvalue weighted by Gasteiger charge is -2.32. The quantitative estimate of drug-likeness (QED) is 0.794. The van der Waals surface area contributed by atoms with Crippen LogP contribution in [-0.2, 0) is 16.8 Å². The molecule has 1 aromatic rings. The van der Waals surface area contributed by atoms with Crippen LogP contribution < -0.4 is 0 Å². The molecule has 0 spiro atoms. The van der Waals surface area contributed by atoms with Crippen LogP contribution in [0.25, 0.3) is 0 Å². The summed E-state index contributed by atoms with van der Waals surface area (Å²) in [7, 11) is 2.17. The number of benzene rings is 1. The molecule has 4 nitrogen and oxygen atoms in total. The average Bonchev–Trinajstić information content (AvgIpc) is 2.49. The Morgan fingerprint density at radius 1 is 1.19 bits per heavy atom. The lowest BCUT2D eigenvalue weighted by Crippen LogP contribution is -2.43. The van der Waals surface area contributed by atoms with Crippen molar-refractivity contribution in [2.24, 2.45) is 4.99 Å². The van der Waals surface area contributed by atoms with E-state index in [0.29, 0.717) is 0 Å². The lowest BCUT2D eigenvalue weighted by atomic mass is 9.83. The number of nitrogens with zero attached hydrogens (tertiary/aromatic N) is 3. The van der Waals surface area contributed by atoms with Gasteiger partial charge in [-0.1, -0.05) is 24.3 Å². The molecule has 2 rings (SSSR count). The highest BCUT2D eigenvalue weighted by Gasteiger charge is 2.28. The van der Waals surface area contributed by atoms with E-state index in [4.69, 9.17) is 0 Å². The van der Waals surface area contributed by atoms with Crippen LogP contribution in [0.3, 0.4) is 0 Å². The summed E-state index contributed by atoms with van der Waals surface area (Å²) < 4.78 is 0. The van der Waals surface area contributed by atoms with Crippen LogP contribution >= 0.6 is 0 Å². The fraction of sp³-hybridized carbons (Fsp3) is 0.529. The zero-order valence-electron chi connectivity index (χ0n) is 13.3. The second-order valence-electron chi connectivity index (χ2n) is 6.36. The third-order valence-electron chi connectivity index (χ3n) is 4.36. The molecule has 1 fully saturated rings. The summed E-state index contributed by atoms with van der Waals surface area (Å²) in [6.45, 7) is 12.6. The maximum atomic E-state index is 11.8. The monoisotopic (exact) mass is 287 g/mol. The van der Waals surface area contributed by atoms with Gasteiger partial charge in [-0.3, -0.25) is 9.69 Å². The summed E-state index contributed by atoms with van der Waals surface area (Å²) in [6, 6.07) is 8.31.